The van der Waals surface area contributed by atoms with Crippen LogP contribution in [0, 0.1) is 0 Å². The fourth-order valence-electron chi connectivity index (χ4n) is 3.92. The average molecular weight is 530 g/mol. The van der Waals surface area contributed by atoms with Gasteiger partial charge in [-0.15, -0.1) is 11.3 Å². The maximum absolute atomic E-state index is 13.1. The van der Waals surface area contributed by atoms with Gasteiger partial charge in [-0.05, 0) is 35.2 Å². The van der Waals surface area contributed by atoms with Gasteiger partial charge in [0.2, 0.25) is 0 Å². The van der Waals surface area contributed by atoms with E-state index in [9.17, 15) is 26.4 Å². The molecule has 3 aromatic rings. The fourth-order valence-corrected chi connectivity index (χ4v) is 5.33. The maximum atomic E-state index is 13.1. The summed E-state index contributed by atoms with van der Waals surface area (Å²) in [5.41, 5.74) is 1.50. The van der Waals surface area contributed by atoms with Gasteiger partial charge < -0.3 is 14.4 Å². The highest BCUT2D eigenvalue weighted by atomic mass is 32.2. The Morgan fingerprint density at radius 1 is 1.23 bits per heavy atom. The van der Waals surface area contributed by atoms with Crippen molar-refractivity contribution >= 4 is 43.2 Å². The topological polar surface area (TPSA) is 82.1 Å². The van der Waals surface area contributed by atoms with Crippen molar-refractivity contribution < 1.29 is 40.0 Å². The molecule has 0 spiro atoms. The number of methoxy groups -OCH3 is 1. The lowest BCUT2D eigenvalue weighted by molar-refractivity contribution is -0.137. The number of hydrogen-bond donors (Lipinski definition) is 0. The minimum absolute atomic E-state index is 0.151. The molecule has 1 atom stereocenters. The summed E-state index contributed by atoms with van der Waals surface area (Å²) in [6, 6.07) is 8.78. The second-order valence-corrected chi connectivity index (χ2v) is 10.6. The summed E-state index contributed by atoms with van der Waals surface area (Å²) >= 11 is 1.19. The zero-order valence-corrected chi connectivity index (χ0v) is 20.4. The summed E-state index contributed by atoms with van der Waals surface area (Å²) in [6.45, 7) is 0.902. The lowest BCUT2D eigenvalue weighted by atomic mass is 9.99. The van der Waals surface area contributed by atoms with Gasteiger partial charge in [0.05, 0.1) is 49.5 Å². The molecule has 188 valence electrons. The highest BCUT2D eigenvalue weighted by Crippen LogP contribution is 2.39. The molecule has 0 radical (unpaired) electrons. The Morgan fingerprint density at radius 3 is 2.69 bits per heavy atom. The lowest BCUT2D eigenvalue weighted by Gasteiger charge is -2.35. The number of nitrogens with zero attached hydrogens (tertiary/aromatic N) is 1. The number of morpholine rings is 1. The molecule has 0 saturated carbocycles. The number of benzene rings is 2. The van der Waals surface area contributed by atoms with Crippen LogP contribution in [0.2, 0.25) is 0 Å². The van der Waals surface area contributed by atoms with E-state index in [0.717, 1.165) is 18.4 Å². The molecule has 12 heteroatoms. The van der Waals surface area contributed by atoms with Gasteiger partial charge in [0.1, 0.15) is 0 Å². The van der Waals surface area contributed by atoms with E-state index < -0.39 is 33.9 Å². The Kier molecular flexibility index (Phi) is 7.09. The third-order valence-corrected chi connectivity index (χ3v) is 7.07. The van der Waals surface area contributed by atoms with E-state index in [-0.39, 0.29) is 12.2 Å². The number of esters is 1. The molecule has 7 nitrogen and oxygen atoms in total. The summed E-state index contributed by atoms with van der Waals surface area (Å²) in [4.78, 5) is 14.5. The zero-order valence-electron chi connectivity index (χ0n) is 18.8. The fraction of sp³-hybridized carbons (Fsp3) is 0.348. The zero-order chi connectivity index (χ0) is 25.4. The maximum Gasteiger partial charge on any atom is 0.416 e. The van der Waals surface area contributed by atoms with Crippen LogP contribution >= 0.6 is 11.3 Å². The number of anilines is 1. The average Bonchev–Trinajstić information content (AvgIpc) is 3.24. The van der Waals surface area contributed by atoms with E-state index in [0.29, 0.717) is 46.6 Å². The predicted molar refractivity (Wildman–Crippen MR) is 126 cm³/mol. The van der Waals surface area contributed by atoms with Gasteiger partial charge >= 0.3 is 12.1 Å². The number of fused-ring (bicyclic) bond motifs is 1. The summed E-state index contributed by atoms with van der Waals surface area (Å²) in [5.74, 6) is -0.573. The van der Waals surface area contributed by atoms with Crippen molar-refractivity contribution in [3.05, 3.63) is 52.9 Å². The Bertz CT molecular complexity index is 1350. The third-order valence-electron chi connectivity index (χ3n) is 5.56. The van der Waals surface area contributed by atoms with Gasteiger partial charge in [0.25, 0.3) is 10.1 Å². The molecule has 0 amide bonds. The van der Waals surface area contributed by atoms with Gasteiger partial charge in [-0.2, -0.15) is 21.6 Å². The van der Waals surface area contributed by atoms with Gasteiger partial charge in [-0.3, -0.25) is 4.18 Å². The smallest absolute Gasteiger partial charge is 0.416 e. The van der Waals surface area contributed by atoms with Crippen LogP contribution in [0.15, 0.2) is 41.8 Å². The number of thiophene rings is 1. The number of carbonyl (C=O) groups excluding carboxylic acids is 1. The Morgan fingerprint density at radius 2 is 2.00 bits per heavy atom. The highest BCUT2D eigenvalue weighted by molar-refractivity contribution is 7.85. The lowest BCUT2D eigenvalue weighted by Crippen LogP contribution is -2.45. The van der Waals surface area contributed by atoms with Crippen molar-refractivity contribution in [3.63, 3.8) is 0 Å². The molecule has 1 aliphatic rings. The van der Waals surface area contributed by atoms with Crippen LogP contribution in [0.3, 0.4) is 0 Å². The number of ether oxygens (including phenoxy) is 2. The predicted octanol–water partition coefficient (Wildman–Crippen LogP) is 4.56. The highest BCUT2D eigenvalue weighted by Gasteiger charge is 2.31. The van der Waals surface area contributed by atoms with E-state index >= 15 is 0 Å². The van der Waals surface area contributed by atoms with E-state index in [2.05, 4.69) is 0 Å². The molecule has 1 saturated heterocycles. The van der Waals surface area contributed by atoms with Gasteiger partial charge in [-0.25, -0.2) is 4.79 Å². The minimum atomic E-state index is -4.43. The molecule has 1 aliphatic heterocycles. The van der Waals surface area contributed by atoms with Crippen molar-refractivity contribution in [1.29, 1.82) is 0 Å². The minimum Gasteiger partial charge on any atom is -0.465 e. The van der Waals surface area contributed by atoms with E-state index in [1.807, 2.05) is 4.90 Å². The molecule has 0 N–H and O–H groups in total. The summed E-state index contributed by atoms with van der Waals surface area (Å²) in [5, 5.41) is 2.41. The number of halogens is 3. The molecule has 4 rings (SSSR count). The first-order valence-corrected chi connectivity index (χ1v) is 13.2. The first-order chi connectivity index (χ1) is 16.5. The largest absolute Gasteiger partial charge is 0.465 e. The SMILES string of the molecule is COC(=O)c1cc(-c2csc3cc(C(F)(F)F)ccc23)ccc1N1CCO[C@H](COS(C)(=O)=O)C1. The number of hydrogen-bond acceptors (Lipinski definition) is 8. The molecule has 1 aromatic heterocycles. The molecule has 0 bridgehead atoms. The van der Waals surface area contributed by atoms with Crippen molar-refractivity contribution in [2.24, 2.45) is 0 Å². The number of carbonyl (C=O) groups is 1. The van der Waals surface area contributed by atoms with Crippen LogP contribution in [0.5, 0.6) is 0 Å². The first-order valence-electron chi connectivity index (χ1n) is 10.5. The molecule has 35 heavy (non-hydrogen) atoms. The van der Waals surface area contributed by atoms with Crippen LogP contribution in [0.25, 0.3) is 21.2 Å². The standard InChI is InChI=1S/C23H22F3NO6S2/c1-31-22(28)18-9-14(19-13-34-21-10-15(23(24,25)26)4-5-17(19)21)3-6-20(18)27-7-8-32-16(11-27)12-33-35(2,29)30/h3-6,9-10,13,16H,7-8,11-12H2,1-2H3/t16-/m0/s1. The second-order valence-electron chi connectivity index (χ2n) is 8.01. The van der Waals surface area contributed by atoms with Crippen LogP contribution in [-0.2, 0) is 30.0 Å². The van der Waals surface area contributed by atoms with Crippen molar-refractivity contribution in [2.75, 3.05) is 44.6 Å². The van der Waals surface area contributed by atoms with E-state index in [1.54, 1.807) is 23.6 Å². The first kappa shape index (κ1) is 25.4. The van der Waals surface area contributed by atoms with Crippen LogP contribution in [0.1, 0.15) is 15.9 Å². The van der Waals surface area contributed by atoms with E-state index in [4.69, 9.17) is 13.7 Å². The van der Waals surface area contributed by atoms with Crippen LogP contribution in [-0.4, -0.2) is 60.2 Å². The Hall–Kier alpha value is -2.67. The Labute approximate surface area is 204 Å². The van der Waals surface area contributed by atoms with Crippen LogP contribution in [0.4, 0.5) is 18.9 Å². The third kappa shape index (κ3) is 5.77. The molecule has 1 fully saturated rings. The second kappa shape index (κ2) is 9.76. The van der Waals surface area contributed by atoms with Crippen molar-refractivity contribution in [3.8, 4) is 11.1 Å². The normalized spacial score (nSPS) is 17.1. The van der Waals surface area contributed by atoms with Gasteiger partial charge in [0.15, 0.2) is 0 Å². The molecule has 2 heterocycles. The van der Waals surface area contributed by atoms with Crippen LogP contribution < -0.4 is 4.90 Å². The summed E-state index contributed by atoms with van der Waals surface area (Å²) in [6.07, 6.45) is -3.99. The molecule has 0 unspecified atom stereocenters. The van der Waals surface area contributed by atoms with Crippen molar-refractivity contribution in [1.82, 2.24) is 0 Å². The van der Waals surface area contributed by atoms with E-state index in [1.165, 1.54) is 24.5 Å². The summed E-state index contributed by atoms with van der Waals surface area (Å²) < 4.78 is 77.8. The van der Waals surface area contributed by atoms with Crippen molar-refractivity contribution in [2.45, 2.75) is 12.3 Å². The molecule has 2 aromatic carbocycles. The quantitative estimate of drug-likeness (QED) is 0.342. The van der Waals surface area contributed by atoms with Gasteiger partial charge in [-0.1, -0.05) is 12.1 Å². The van der Waals surface area contributed by atoms with Gasteiger partial charge in [0, 0.05) is 28.7 Å². The molecular formula is C23H22F3NO6S2. The molecule has 0 aliphatic carbocycles. The number of rotatable bonds is 6. The molecular weight excluding hydrogens is 507 g/mol. The monoisotopic (exact) mass is 529 g/mol. The Balaban J connectivity index is 1.67. The number of alkyl halides is 3. The summed E-state index contributed by atoms with van der Waals surface area (Å²) in [7, 11) is -2.36.